The molecule has 0 aromatic carbocycles. The van der Waals surface area contributed by atoms with Crippen LogP contribution in [0.3, 0.4) is 0 Å². The maximum absolute atomic E-state index is 3.77. The summed E-state index contributed by atoms with van der Waals surface area (Å²) in [5.74, 6) is 1.03. The Morgan fingerprint density at radius 3 is 2.36 bits per heavy atom. The molecule has 0 bridgehead atoms. The Bertz CT molecular complexity index is 128. The van der Waals surface area contributed by atoms with Crippen molar-refractivity contribution in [1.29, 1.82) is 0 Å². The SMILES string of the molecule is C=C/C=C(\N=C)SCC.CC. The third-order valence-electron chi connectivity index (χ3n) is 0.708. The third-order valence-corrected chi connectivity index (χ3v) is 1.56. The summed E-state index contributed by atoms with van der Waals surface area (Å²) in [4.78, 5) is 3.77. The molecule has 0 unspecified atom stereocenters. The molecule has 0 amide bonds. The molecule has 2 heteroatoms. The predicted octanol–water partition coefficient (Wildman–Crippen LogP) is 3.49. The number of nitrogens with zero attached hydrogens (tertiary/aromatic N) is 1. The topological polar surface area (TPSA) is 12.4 Å². The predicted molar refractivity (Wildman–Crippen MR) is 57.3 cm³/mol. The van der Waals surface area contributed by atoms with Crippen LogP contribution in [0.1, 0.15) is 20.8 Å². The minimum atomic E-state index is 0.938. The second kappa shape index (κ2) is 12.2. The summed E-state index contributed by atoms with van der Waals surface area (Å²) in [6.07, 6.45) is 3.56. The van der Waals surface area contributed by atoms with E-state index < -0.39 is 0 Å². The van der Waals surface area contributed by atoms with Crippen molar-refractivity contribution in [2.75, 3.05) is 5.75 Å². The van der Waals surface area contributed by atoms with Crippen molar-refractivity contribution >= 4 is 18.5 Å². The highest BCUT2D eigenvalue weighted by atomic mass is 32.2. The highest BCUT2D eigenvalue weighted by molar-refractivity contribution is 8.03. The molecular formula is C9H17NS. The van der Waals surface area contributed by atoms with E-state index in [1.807, 2.05) is 19.9 Å². The van der Waals surface area contributed by atoms with E-state index in [9.17, 15) is 0 Å². The minimum Gasteiger partial charge on any atom is -0.258 e. The average molecular weight is 171 g/mol. The summed E-state index contributed by atoms with van der Waals surface area (Å²) in [5, 5.41) is 0.938. The van der Waals surface area contributed by atoms with E-state index in [0.29, 0.717) is 0 Å². The largest absolute Gasteiger partial charge is 0.258 e. The second-order valence-electron chi connectivity index (χ2n) is 1.33. The van der Waals surface area contributed by atoms with Crippen molar-refractivity contribution in [3.8, 4) is 0 Å². The smallest absolute Gasteiger partial charge is 0.0952 e. The minimum absolute atomic E-state index is 0.938. The van der Waals surface area contributed by atoms with E-state index in [-0.39, 0.29) is 0 Å². The Morgan fingerprint density at radius 1 is 1.55 bits per heavy atom. The van der Waals surface area contributed by atoms with Crippen molar-refractivity contribution in [1.82, 2.24) is 0 Å². The van der Waals surface area contributed by atoms with Gasteiger partial charge in [0.1, 0.15) is 0 Å². The van der Waals surface area contributed by atoms with Gasteiger partial charge in [-0.15, -0.1) is 11.8 Å². The fourth-order valence-electron chi connectivity index (χ4n) is 0.395. The van der Waals surface area contributed by atoms with E-state index in [1.165, 1.54) is 0 Å². The fraction of sp³-hybridized carbons (Fsp3) is 0.444. The molecule has 0 N–H and O–H groups in total. The van der Waals surface area contributed by atoms with Gasteiger partial charge in [-0.25, -0.2) is 0 Å². The Morgan fingerprint density at radius 2 is 2.09 bits per heavy atom. The van der Waals surface area contributed by atoms with Crippen molar-refractivity contribution in [2.45, 2.75) is 20.8 Å². The van der Waals surface area contributed by atoms with Crippen molar-refractivity contribution in [3.05, 3.63) is 23.8 Å². The molecule has 0 aliphatic heterocycles. The summed E-state index contributed by atoms with van der Waals surface area (Å²) < 4.78 is 0. The monoisotopic (exact) mass is 171 g/mol. The van der Waals surface area contributed by atoms with E-state index in [4.69, 9.17) is 0 Å². The lowest BCUT2D eigenvalue weighted by molar-refractivity contribution is 1.49. The summed E-state index contributed by atoms with van der Waals surface area (Å²) in [7, 11) is 0. The first-order valence-electron chi connectivity index (χ1n) is 3.77. The molecule has 0 heterocycles. The molecule has 0 rings (SSSR count). The molecular weight excluding hydrogens is 154 g/mol. The summed E-state index contributed by atoms with van der Waals surface area (Å²) in [5.41, 5.74) is 0. The maximum atomic E-state index is 3.77. The first-order valence-corrected chi connectivity index (χ1v) is 4.76. The quantitative estimate of drug-likeness (QED) is 0.466. The first-order chi connectivity index (χ1) is 5.35. The molecule has 0 radical (unpaired) electrons. The van der Waals surface area contributed by atoms with Gasteiger partial charge >= 0.3 is 0 Å². The van der Waals surface area contributed by atoms with Gasteiger partial charge in [0.05, 0.1) is 5.03 Å². The molecule has 1 nitrogen and oxygen atoms in total. The Hall–Kier alpha value is -0.500. The molecule has 0 aliphatic carbocycles. The Kier molecular flexibility index (Phi) is 14.5. The molecule has 0 aromatic heterocycles. The van der Waals surface area contributed by atoms with Crippen LogP contribution in [0, 0.1) is 0 Å². The second-order valence-corrected chi connectivity index (χ2v) is 2.62. The normalized spacial score (nSPS) is 9.55. The van der Waals surface area contributed by atoms with Crippen LogP contribution in [-0.4, -0.2) is 12.5 Å². The molecule has 0 aliphatic rings. The van der Waals surface area contributed by atoms with Crippen LogP contribution in [0.2, 0.25) is 0 Å². The van der Waals surface area contributed by atoms with Crippen LogP contribution < -0.4 is 0 Å². The molecule has 11 heavy (non-hydrogen) atoms. The highest BCUT2D eigenvalue weighted by Crippen LogP contribution is 2.14. The van der Waals surface area contributed by atoms with Gasteiger partial charge in [0.25, 0.3) is 0 Å². The Labute approximate surface area is 74.3 Å². The number of aliphatic imine (C=N–C) groups is 1. The molecule has 0 spiro atoms. The molecule has 64 valence electrons. The zero-order valence-electron chi connectivity index (χ0n) is 7.63. The van der Waals surface area contributed by atoms with Crippen LogP contribution in [0.25, 0.3) is 0 Å². The van der Waals surface area contributed by atoms with Gasteiger partial charge in [-0.2, -0.15) is 0 Å². The summed E-state index contributed by atoms with van der Waals surface area (Å²) >= 11 is 1.66. The van der Waals surface area contributed by atoms with Crippen LogP contribution in [0.5, 0.6) is 0 Å². The van der Waals surface area contributed by atoms with Gasteiger partial charge in [0.15, 0.2) is 0 Å². The maximum Gasteiger partial charge on any atom is 0.0952 e. The molecule has 0 aromatic rings. The molecule has 0 atom stereocenters. The zero-order valence-corrected chi connectivity index (χ0v) is 8.45. The van der Waals surface area contributed by atoms with E-state index in [2.05, 4.69) is 25.2 Å². The number of rotatable bonds is 4. The molecule has 0 saturated heterocycles. The lowest BCUT2D eigenvalue weighted by Crippen LogP contribution is -1.69. The van der Waals surface area contributed by atoms with Gasteiger partial charge < -0.3 is 0 Å². The van der Waals surface area contributed by atoms with Gasteiger partial charge in [0.2, 0.25) is 0 Å². The molecule has 0 fully saturated rings. The number of thioether (sulfide) groups is 1. The van der Waals surface area contributed by atoms with Gasteiger partial charge in [0, 0.05) is 0 Å². The average Bonchev–Trinajstić information content (AvgIpc) is 2.08. The number of hydrogen-bond acceptors (Lipinski definition) is 2. The van der Waals surface area contributed by atoms with E-state index in [1.54, 1.807) is 17.8 Å². The lowest BCUT2D eigenvalue weighted by Gasteiger charge is -1.92. The van der Waals surface area contributed by atoms with Crippen LogP contribution in [0.15, 0.2) is 28.8 Å². The van der Waals surface area contributed by atoms with Crippen molar-refractivity contribution in [3.63, 3.8) is 0 Å². The van der Waals surface area contributed by atoms with Gasteiger partial charge in [-0.05, 0) is 18.5 Å². The lowest BCUT2D eigenvalue weighted by atomic mass is 10.6. The van der Waals surface area contributed by atoms with Crippen molar-refractivity contribution in [2.24, 2.45) is 4.99 Å². The highest BCUT2D eigenvalue weighted by Gasteiger charge is 1.86. The summed E-state index contributed by atoms with van der Waals surface area (Å²) in [6, 6.07) is 0. The Balaban J connectivity index is 0. The van der Waals surface area contributed by atoms with E-state index in [0.717, 1.165) is 10.8 Å². The van der Waals surface area contributed by atoms with Crippen LogP contribution >= 0.6 is 11.8 Å². The number of allylic oxidation sites excluding steroid dienone is 2. The fourth-order valence-corrected chi connectivity index (χ4v) is 0.975. The standard InChI is InChI=1S/C7H11NS.C2H6/c1-4-6-7(8-3)9-5-2;1-2/h4,6H,1,3,5H2,2H3;1-2H3/b7-6+;. The summed E-state index contributed by atoms with van der Waals surface area (Å²) in [6.45, 7) is 13.0. The van der Waals surface area contributed by atoms with Gasteiger partial charge in [-0.1, -0.05) is 33.4 Å². The zero-order chi connectivity index (χ0) is 9.11. The van der Waals surface area contributed by atoms with Crippen LogP contribution in [0.4, 0.5) is 0 Å². The van der Waals surface area contributed by atoms with E-state index >= 15 is 0 Å². The number of hydrogen-bond donors (Lipinski definition) is 0. The molecule has 0 saturated carbocycles. The first kappa shape index (κ1) is 13.1. The van der Waals surface area contributed by atoms with Gasteiger partial charge in [-0.3, -0.25) is 4.99 Å². The van der Waals surface area contributed by atoms with Crippen LogP contribution in [-0.2, 0) is 0 Å². The van der Waals surface area contributed by atoms with Crippen molar-refractivity contribution < 1.29 is 0 Å². The third kappa shape index (κ3) is 9.50.